The summed E-state index contributed by atoms with van der Waals surface area (Å²) in [5, 5.41) is 12.5. The van der Waals surface area contributed by atoms with Crippen LogP contribution in [0.15, 0.2) is 42.5 Å². The Bertz CT molecular complexity index is 734. The number of halogens is 1. The number of nitrogens with zero attached hydrogens (tertiary/aromatic N) is 1. The van der Waals surface area contributed by atoms with Gasteiger partial charge < -0.3 is 10.1 Å². The summed E-state index contributed by atoms with van der Waals surface area (Å²) in [5.74, 6) is 0.417. The molecule has 0 aromatic heterocycles. The molecule has 1 aliphatic heterocycles. The predicted octanol–water partition coefficient (Wildman–Crippen LogP) is 4.02. The molecule has 2 aromatic carbocycles. The Hall–Kier alpha value is -2.54. The van der Waals surface area contributed by atoms with Crippen LogP contribution in [0, 0.1) is 17.1 Å². The van der Waals surface area contributed by atoms with Crippen LogP contribution in [-0.4, -0.2) is 5.60 Å². The highest BCUT2D eigenvalue weighted by molar-refractivity contribution is 5.60. The van der Waals surface area contributed by atoms with Crippen LogP contribution in [-0.2, 0) is 0 Å². The maximum Gasteiger partial charge on any atom is 0.128 e. The summed E-state index contributed by atoms with van der Waals surface area (Å²) in [4.78, 5) is 0. The second-order valence-corrected chi connectivity index (χ2v) is 5.62. The fourth-order valence-electron chi connectivity index (χ4n) is 2.67. The topological polar surface area (TPSA) is 45.0 Å². The number of benzene rings is 2. The van der Waals surface area contributed by atoms with Crippen LogP contribution in [0.5, 0.6) is 5.75 Å². The molecule has 0 saturated heterocycles. The lowest BCUT2D eigenvalue weighted by Gasteiger charge is -2.28. The number of rotatable bonds is 2. The zero-order valence-electron chi connectivity index (χ0n) is 11.9. The van der Waals surface area contributed by atoms with Crippen molar-refractivity contribution in [2.45, 2.75) is 25.5 Å². The number of fused-ring (bicyclic) bond motifs is 1. The van der Waals surface area contributed by atoms with E-state index in [-0.39, 0.29) is 11.6 Å². The Morgan fingerprint density at radius 1 is 1.24 bits per heavy atom. The van der Waals surface area contributed by atoms with Gasteiger partial charge in [-0.3, -0.25) is 0 Å². The predicted molar refractivity (Wildman–Crippen MR) is 78.6 cm³/mol. The Balaban J connectivity index is 2.00. The Kier molecular flexibility index (Phi) is 3.06. The first-order valence-electron chi connectivity index (χ1n) is 6.75. The fourth-order valence-corrected chi connectivity index (χ4v) is 2.67. The van der Waals surface area contributed by atoms with E-state index in [1.807, 2.05) is 44.2 Å². The molecular weight excluding hydrogens is 267 g/mol. The van der Waals surface area contributed by atoms with Gasteiger partial charge in [0.05, 0.1) is 17.3 Å². The third-order valence-electron chi connectivity index (χ3n) is 3.70. The molecule has 4 heteroatoms. The molecule has 0 saturated carbocycles. The largest absolute Gasteiger partial charge is 0.485 e. The standard InChI is InChI=1S/C17H15FN2O/c1-17(2)16(13-5-3-4-6-15(13)21-17)20-14-8-7-12(18)9-11(14)10-19/h3-9,16,20H,1-2H3. The molecule has 1 atom stereocenters. The van der Waals surface area contributed by atoms with Crippen molar-refractivity contribution in [2.75, 3.05) is 5.32 Å². The molecule has 3 rings (SSSR count). The Morgan fingerprint density at radius 2 is 2.00 bits per heavy atom. The van der Waals surface area contributed by atoms with Crippen molar-refractivity contribution in [1.29, 1.82) is 5.26 Å². The third-order valence-corrected chi connectivity index (χ3v) is 3.70. The van der Waals surface area contributed by atoms with Crippen molar-refractivity contribution in [3.05, 3.63) is 59.4 Å². The van der Waals surface area contributed by atoms with Gasteiger partial charge in [-0.15, -0.1) is 0 Å². The first kappa shape index (κ1) is 13.4. The molecule has 3 nitrogen and oxygen atoms in total. The second-order valence-electron chi connectivity index (χ2n) is 5.62. The van der Waals surface area contributed by atoms with Gasteiger partial charge in [0.15, 0.2) is 0 Å². The maximum absolute atomic E-state index is 13.2. The second kappa shape index (κ2) is 4.78. The summed E-state index contributed by atoms with van der Waals surface area (Å²) in [6, 6.07) is 13.9. The van der Waals surface area contributed by atoms with Crippen LogP contribution in [0.25, 0.3) is 0 Å². The van der Waals surface area contributed by atoms with Crippen LogP contribution >= 0.6 is 0 Å². The van der Waals surface area contributed by atoms with Gasteiger partial charge >= 0.3 is 0 Å². The number of hydrogen-bond acceptors (Lipinski definition) is 3. The van der Waals surface area contributed by atoms with Crippen LogP contribution in [0.4, 0.5) is 10.1 Å². The van der Waals surface area contributed by atoms with E-state index in [2.05, 4.69) is 5.32 Å². The van der Waals surface area contributed by atoms with E-state index in [9.17, 15) is 4.39 Å². The SMILES string of the molecule is CC1(C)Oc2ccccc2C1Nc1ccc(F)cc1C#N. The summed E-state index contributed by atoms with van der Waals surface area (Å²) in [7, 11) is 0. The van der Waals surface area contributed by atoms with Crippen molar-refractivity contribution in [3.63, 3.8) is 0 Å². The Morgan fingerprint density at radius 3 is 2.76 bits per heavy atom. The summed E-state index contributed by atoms with van der Waals surface area (Å²) in [5.41, 5.74) is 1.48. The lowest BCUT2D eigenvalue weighted by Crippen LogP contribution is -2.34. The monoisotopic (exact) mass is 282 g/mol. The summed E-state index contributed by atoms with van der Waals surface area (Å²) in [6.07, 6.45) is 0. The lowest BCUT2D eigenvalue weighted by molar-refractivity contribution is 0.118. The molecule has 0 bridgehead atoms. The highest BCUT2D eigenvalue weighted by Gasteiger charge is 2.41. The number of ether oxygens (including phenoxy) is 1. The molecule has 0 aliphatic carbocycles. The molecule has 21 heavy (non-hydrogen) atoms. The third kappa shape index (κ3) is 2.31. The number of nitriles is 1. The summed E-state index contributed by atoms with van der Waals surface area (Å²) >= 11 is 0. The van der Waals surface area contributed by atoms with Crippen LogP contribution in [0.1, 0.15) is 31.0 Å². The van der Waals surface area contributed by atoms with Gasteiger partial charge in [0.2, 0.25) is 0 Å². The lowest BCUT2D eigenvalue weighted by atomic mass is 9.94. The van der Waals surface area contributed by atoms with E-state index >= 15 is 0 Å². The molecular formula is C17H15FN2O. The quantitative estimate of drug-likeness (QED) is 0.904. The van der Waals surface area contributed by atoms with Gasteiger partial charge in [-0.25, -0.2) is 4.39 Å². The highest BCUT2D eigenvalue weighted by atomic mass is 19.1. The maximum atomic E-state index is 13.2. The number of para-hydroxylation sites is 1. The van der Waals surface area contributed by atoms with E-state index in [1.165, 1.54) is 12.1 Å². The fraction of sp³-hybridized carbons (Fsp3) is 0.235. The van der Waals surface area contributed by atoms with Crippen LogP contribution in [0.2, 0.25) is 0 Å². The van der Waals surface area contributed by atoms with E-state index in [0.717, 1.165) is 11.3 Å². The molecule has 1 heterocycles. The molecule has 2 aromatic rings. The van der Waals surface area contributed by atoms with Crippen LogP contribution < -0.4 is 10.1 Å². The van der Waals surface area contributed by atoms with Gasteiger partial charge in [-0.05, 0) is 38.1 Å². The molecule has 1 N–H and O–H groups in total. The van der Waals surface area contributed by atoms with Crippen molar-refractivity contribution in [3.8, 4) is 11.8 Å². The van der Waals surface area contributed by atoms with E-state index < -0.39 is 11.4 Å². The normalized spacial score (nSPS) is 18.5. The summed E-state index contributed by atoms with van der Waals surface area (Å²) in [6.45, 7) is 3.97. The number of anilines is 1. The zero-order chi connectivity index (χ0) is 15.0. The highest BCUT2D eigenvalue weighted by Crippen LogP contribution is 2.44. The van der Waals surface area contributed by atoms with Crippen molar-refractivity contribution in [1.82, 2.24) is 0 Å². The molecule has 0 amide bonds. The summed E-state index contributed by atoms with van der Waals surface area (Å²) < 4.78 is 19.2. The Labute approximate surface area is 123 Å². The minimum absolute atomic E-state index is 0.105. The molecule has 0 radical (unpaired) electrons. The first-order chi connectivity index (χ1) is 10.0. The smallest absolute Gasteiger partial charge is 0.128 e. The number of nitrogens with one attached hydrogen (secondary N) is 1. The van der Waals surface area contributed by atoms with E-state index in [4.69, 9.17) is 10.00 Å². The van der Waals surface area contributed by atoms with Gasteiger partial charge in [-0.2, -0.15) is 5.26 Å². The minimum atomic E-state index is -0.454. The minimum Gasteiger partial charge on any atom is -0.485 e. The van der Waals surface area contributed by atoms with E-state index in [1.54, 1.807) is 6.07 Å². The van der Waals surface area contributed by atoms with E-state index in [0.29, 0.717) is 5.69 Å². The first-order valence-corrected chi connectivity index (χ1v) is 6.75. The molecule has 1 unspecified atom stereocenters. The molecule has 106 valence electrons. The van der Waals surface area contributed by atoms with Gasteiger partial charge in [0.1, 0.15) is 23.2 Å². The van der Waals surface area contributed by atoms with Crippen LogP contribution in [0.3, 0.4) is 0 Å². The van der Waals surface area contributed by atoms with Gasteiger partial charge in [0, 0.05) is 5.56 Å². The van der Waals surface area contributed by atoms with Crippen molar-refractivity contribution in [2.24, 2.45) is 0 Å². The average molecular weight is 282 g/mol. The zero-order valence-corrected chi connectivity index (χ0v) is 11.9. The van der Waals surface area contributed by atoms with Gasteiger partial charge in [0.25, 0.3) is 0 Å². The average Bonchev–Trinajstić information content (AvgIpc) is 2.71. The number of hydrogen-bond donors (Lipinski definition) is 1. The van der Waals surface area contributed by atoms with Gasteiger partial charge in [-0.1, -0.05) is 18.2 Å². The molecule has 1 aliphatic rings. The van der Waals surface area contributed by atoms with Crippen molar-refractivity contribution < 1.29 is 9.13 Å². The van der Waals surface area contributed by atoms with Crippen molar-refractivity contribution >= 4 is 5.69 Å². The molecule has 0 spiro atoms. The molecule has 0 fully saturated rings.